The topological polar surface area (TPSA) is 103 Å². The van der Waals surface area contributed by atoms with Crippen LogP contribution >= 0.6 is 0 Å². The number of nitrogens with two attached hydrogens (primary N) is 1. The first-order chi connectivity index (χ1) is 14.5. The van der Waals surface area contributed by atoms with E-state index in [1.54, 1.807) is 42.3 Å². The Labute approximate surface area is 173 Å². The Hall–Kier alpha value is -4.05. The van der Waals surface area contributed by atoms with Crippen molar-refractivity contribution in [2.24, 2.45) is 5.73 Å². The molecular weight excluding hydrogens is 380 g/mol. The van der Waals surface area contributed by atoms with E-state index in [9.17, 15) is 10.1 Å². The highest BCUT2D eigenvalue weighted by atomic mass is 16.5. The first kappa shape index (κ1) is 19.3. The van der Waals surface area contributed by atoms with Gasteiger partial charge in [-0.2, -0.15) is 5.26 Å². The fraction of sp³-hybridized carbons (Fsp3) is 0.174. The van der Waals surface area contributed by atoms with Crippen LogP contribution in [0.15, 0.2) is 71.1 Å². The lowest BCUT2D eigenvalue weighted by atomic mass is 9.84. The Morgan fingerprint density at radius 1 is 1.30 bits per heavy atom. The van der Waals surface area contributed by atoms with Gasteiger partial charge in [0.1, 0.15) is 23.1 Å². The summed E-state index contributed by atoms with van der Waals surface area (Å²) in [7, 11) is 1.57. The average molecular weight is 400 g/mol. The zero-order chi connectivity index (χ0) is 21.3. The second kappa shape index (κ2) is 7.76. The lowest BCUT2D eigenvalue weighted by molar-refractivity contribution is 0.388. The molecule has 30 heavy (non-hydrogen) atoms. The number of methoxy groups -OCH3 is 1. The summed E-state index contributed by atoms with van der Waals surface area (Å²) in [5.41, 5.74) is 8.74. The molecule has 1 aliphatic rings. The highest BCUT2D eigenvalue weighted by Crippen LogP contribution is 2.41. The number of allylic oxidation sites excluding steroid dienone is 1. The van der Waals surface area contributed by atoms with Crippen molar-refractivity contribution in [3.63, 3.8) is 0 Å². The molecule has 150 valence electrons. The lowest BCUT2D eigenvalue weighted by Crippen LogP contribution is -2.33. The third-order valence-corrected chi connectivity index (χ3v) is 5.18. The van der Waals surface area contributed by atoms with Crippen LogP contribution in [0, 0.1) is 18.3 Å². The van der Waals surface area contributed by atoms with Gasteiger partial charge in [-0.15, -0.1) is 0 Å². The van der Waals surface area contributed by atoms with Gasteiger partial charge < -0.3 is 19.8 Å². The molecule has 7 heteroatoms. The summed E-state index contributed by atoms with van der Waals surface area (Å²) in [5, 5.41) is 9.78. The molecule has 0 aliphatic carbocycles. The number of benzene rings is 1. The average Bonchev–Trinajstić information content (AvgIpc) is 2.76. The van der Waals surface area contributed by atoms with Crippen LogP contribution in [-0.4, -0.2) is 16.7 Å². The van der Waals surface area contributed by atoms with Gasteiger partial charge in [0.2, 0.25) is 5.88 Å². The quantitative estimate of drug-likeness (QED) is 0.722. The van der Waals surface area contributed by atoms with Crippen LogP contribution in [0.3, 0.4) is 0 Å². The Balaban J connectivity index is 1.93. The molecule has 0 bridgehead atoms. The highest BCUT2D eigenvalue weighted by molar-refractivity contribution is 5.56. The van der Waals surface area contributed by atoms with Crippen LogP contribution in [0.25, 0.3) is 0 Å². The smallest absolute Gasteiger partial charge is 0.259 e. The van der Waals surface area contributed by atoms with E-state index in [0.29, 0.717) is 23.6 Å². The minimum atomic E-state index is -0.651. The van der Waals surface area contributed by atoms with E-state index in [4.69, 9.17) is 15.2 Å². The van der Waals surface area contributed by atoms with Gasteiger partial charge >= 0.3 is 0 Å². The van der Waals surface area contributed by atoms with E-state index in [2.05, 4.69) is 11.1 Å². The SMILES string of the molecule is COc1cccc(C2C(C#N)=C(N)Oc3cc(C)n(Cc4cccnc4)c(=O)c32)c1. The maximum atomic E-state index is 13.6. The minimum Gasteiger partial charge on any atom is -0.497 e. The van der Waals surface area contributed by atoms with E-state index in [1.165, 1.54) is 0 Å². The number of ether oxygens (including phenoxy) is 2. The van der Waals surface area contributed by atoms with Crippen molar-refractivity contribution < 1.29 is 9.47 Å². The number of pyridine rings is 2. The van der Waals surface area contributed by atoms with Crippen molar-refractivity contribution in [1.82, 2.24) is 9.55 Å². The summed E-state index contributed by atoms with van der Waals surface area (Å²) in [6, 6.07) is 14.9. The van der Waals surface area contributed by atoms with Crippen molar-refractivity contribution in [3.8, 4) is 17.6 Å². The Morgan fingerprint density at radius 2 is 2.13 bits per heavy atom. The molecule has 2 aromatic heterocycles. The summed E-state index contributed by atoms with van der Waals surface area (Å²) in [6.45, 7) is 2.19. The van der Waals surface area contributed by atoms with Gasteiger partial charge in [0, 0.05) is 24.2 Å². The fourth-order valence-corrected chi connectivity index (χ4v) is 3.71. The van der Waals surface area contributed by atoms with Gasteiger partial charge in [-0.1, -0.05) is 18.2 Å². The normalized spacial score (nSPS) is 15.2. The van der Waals surface area contributed by atoms with Crippen LogP contribution in [0.5, 0.6) is 11.5 Å². The molecule has 1 atom stereocenters. The molecule has 0 fully saturated rings. The Morgan fingerprint density at radius 3 is 2.83 bits per heavy atom. The summed E-state index contributed by atoms with van der Waals surface area (Å²) < 4.78 is 12.7. The number of hydrogen-bond acceptors (Lipinski definition) is 6. The van der Waals surface area contributed by atoms with E-state index in [1.807, 2.05) is 31.2 Å². The number of rotatable bonds is 4. The first-order valence-corrected chi connectivity index (χ1v) is 9.38. The van der Waals surface area contributed by atoms with Crippen LogP contribution in [0.4, 0.5) is 0 Å². The highest BCUT2D eigenvalue weighted by Gasteiger charge is 2.34. The third kappa shape index (κ3) is 3.29. The minimum absolute atomic E-state index is 0.00151. The standard InChI is InChI=1S/C23H20N4O3/c1-14-9-19-21(23(28)27(14)13-15-5-4-8-26-12-15)20(18(11-24)22(25)30-19)16-6-3-7-17(10-16)29-2/h3-10,12,20H,13,25H2,1-2H3. The van der Waals surface area contributed by atoms with E-state index in [-0.39, 0.29) is 17.0 Å². The zero-order valence-electron chi connectivity index (χ0n) is 16.6. The maximum Gasteiger partial charge on any atom is 0.259 e. The number of aromatic nitrogens is 2. The fourth-order valence-electron chi connectivity index (χ4n) is 3.71. The molecule has 0 radical (unpaired) electrons. The van der Waals surface area contributed by atoms with Crippen LogP contribution < -0.4 is 20.8 Å². The number of nitrogens with zero attached hydrogens (tertiary/aromatic N) is 3. The summed E-state index contributed by atoms with van der Waals surface area (Å²) in [6.07, 6.45) is 3.41. The van der Waals surface area contributed by atoms with E-state index < -0.39 is 5.92 Å². The van der Waals surface area contributed by atoms with Crippen LogP contribution in [0.1, 0.15) is 28.3 Å². The predicted molar refractivity (Wildman–Crippen MR) is 111 cm³/mol. The molecule has 4 rings (SSSR count). The second-order valence-corrected chi connectivity index (χ2v) is 7.02. The van der Waals surface area contributed by atoms with E-state index in [0.717, 1.165) is 16.8 Å². The van der Waals surface area contributed by atoms with Gasteiger partial charge in [0.25, 0.3) is 5.56 Å². The molecular formula is C23H20N4O3. The largest absolute Gasteiger partial charge is 0.497 e. The summed E-state index contributed by atoms with van der Waals surface area (Å²) in [4.78, 5) is 17.7. The molecule has 1 unspecified atom stereocenters. The van der Waals surface area contributed by atoms with Crippen molar-refractivity contribution in [2.45, 2.75) is 19.4 Å². The second-order valence-electron chi connectivity index (χ2n) is 7.02. The van der Waals surface area contributed by atoms with Gasteiger partial charge in [0.15, 0.2) is 0 Å². The van der Waals surface area contributed by atoms with Gasteiger partial charge in [-0.25, -0.2) is 0 Å². The molecule has 0 saturated carbocycles. The molecule has 0 saturated heterocycles. The lowest BCUT2D eigenvalue weighted by Gasteiger charge is -2.27. The van der Waals surface area contributed by atoms with Gasteiger partial charge in [-0.3, -0.25) is 9.78 Å². The number of nitriles is 1. The molecule has 2 N–H and O–H groups in total. The molecule has 0 amide bonds. The summed E-state index contributed by atoms with van der Waals surface area (Å²) >= 11 is 0. The molecule has 3 aromatic rings. The molecule has 1 aliphatic heterocycles. The van der Waals surface area contributed by atoms with Gasteiger partial charge in [0.05, 0.1) is 25.1 Å². The Bertz CT molecular complexity index is 1240. The summed E-state index contributed by atoms with van der Waals surface area (Å²) in [5.74, 6) is 0.340. The van der Waals surface area contributed by atoms with E-state index >= 15 is 0 Å². The van der Waals surface area contributed by atoms with Crippen molar-refractivity contribution in [1.29, 1.82) is 5.26 Å². The Kier molecular flexibility index (Phi) is 4.98. The molecule has 7 nitrogen and oxygen atoms in total. The zero-order valence-corrected chi connectivity index (χ0v) is 16.6. The maximum absolute atomic E-state index is 13.6. The van der Waals surface area contributed by atoms with Crippen LogP contribution in [-0.2, 0) is 6.54 Å². The van der Waals surface area contributed by atoms with Crippen molar-refractivity contribution >= 4 is 0 Å². The van der Waals surface area contributed by atoms with Crippen molar-refractivity contribution in [2.75, 3.05) is 7.11 Å². The number of aryl methyl sites for hydroxylation is 1. The monoisotopic (exact) mass is 400 g/mol. The molecule has 1 aromatic carbocycles. The third-order valence-electron chi connectivity index (χ3n) is 5.18. The number of hydrogen-bond donors (Lipinski definition) is 1. The molecule has 0 spiro atoms. The predicted octanol–water partition coefficient (Wildman–Crippen LogP) is 2.83. The van der Waals surface area contributed by atoms with Gasteiger partial charge in [-0.05, 0) is 36.2 Å². The van der Waals surface area contributed by atoms with Crippen LogP contribution in [0.2, 0.25) is 0 Å². The number of fused-ring (bicyclic) bond motifs is 1. The molecule has 3 heterocycles. The first-order valence-electron chi connectivity index (χ1n) is 9.38. The van der Waals surface area contributed by atoms with Crippen molar-refractivity contribution in [3.05, 3.63) is 99.1 Å².